The summed E-state index contributed by atoms with van der Waals surface area (Å²) in [6, 6.07) is 2.81. The largest absolute Gasteiger partial charge is 0.496 e. The van der Waals surface area contributed by atoms with Gasteiger partial charge in [0.05, 0.1) is 13.2 Å². The third kappa shape index (κ3) is 4.37. The fourth-order valence-electron chi connectivity index (χ4n) is 1.92. The van der Waals surface area contributed by atoms with E-state index in [4.69, 9.17) is 16.2 Å². The lowest BCUT2D eigenvalue weighted by Gasteiger charge is -2.19. The normalized spacial score (nSPS) is 11.6. The van der Waals surface area contributed by atoms with Crippen LogP contribution in [0, 0.1) is 6.92 Å². The molecule has 0 spiro atoms. The number of hydrogen-bond acceptors (Lipinski definition) is 4. The fraction of sp³-hybridized carbons (Fsp3) is 0.357. The van der Waals surface area contributed by atoms with Gasteiger partial charge in [-0.2, -0.15) is 0 Å². The third-order valence-corrected chi connectivity index (χ3v) is 3.04. The van der Waals surface area contributed by atoms with E-state index in [2.05, 4.69) is 10.6 Å². The van der Waals surface area contributed by atoms with Crippen molar-refractivity contribution < 1.29 is 19.1 Å². The number of primary amides is 2. The van der Waals surface area contributed by atoms with E-state index in [0.29, 0.717) is 5.75 Å². The van der Waals surface area contributed by atoms with Crippen molar-refractivity contribution in [3.05, 3.63) is 29.3 Å². The molecule has 0 aliphatic heterocycles. The molecule has 0 aromatic heterocycles. The van der Waals surface area contributed by atoms with Crippen molar-refractivity contribution in [1.29, 1.82) is 0 Å². The molecule has 120 valence electrons. The molecule has 1 aromatic rings. The quantitative estimate of drug-likeness (QED) is 0.536. The maximum atomic E-state index is 11.9. The van der Waals surface area contributed by atoms with Crippen molar-refractivity contribution in [2.45, 2.75) is 25.9 Å². The maximum absolute atomic E-state index is 11.9. The Morgan fingerprint density at radius 2 is 1.73 bits per heavy atom. The first-order valence-corrected chi connectivity index (χ1v) is 6.56. The van der Waals surface area contributed by atoms with Crippen molar-refractivity contribution in [3.8, 4) is 5.75 Å². The van der Waals surface area contributed by atoms with Crippen LogP contribution in [0.15, 0.2) is 18.2 Å². The summed E-state index contributed by atoms with van der Waals surface area (Å²) < 4.78 is 5.24. The third-order valence-electron chi connectivity index (χ3n) is 3.04. The highest BCUT2D eigenvalue weighted by Gasteiger charge is 2.24. The Balaban J connectivity index is 2.82. The van der Waals surface area contributed by atoms with Crippen molar-refractivity contribution in [1.82, 2.24) is 10.6 Å². The van der Waals surface area contributed by atoms with Gasteiger partial charge in [0.1, 0.15) is 5.75 Å². The van der Waals surface area contributed by atoms with Crippen molar-refractivity contribution in [3.63, 3.8) is 0 Å². The average Bonchev–Trinajstić information content (AvgIpc) is 2.43. The van der Waals surface area contributed by atoms with Crippen LogP contribution < -0.4 is 26.8 Å². The first-order chi connectivity index (χ1) is 10.3. The lowest BCUT2D eigenvalue weighted by molar-refractivity contribution is -0.128. The maximum Gasteiger partial charge on any atom is 0.316 e. The van der Waals surface area contributed by atoms with Gasteiger partial charge in [0.2, 0.25) is 11.8 Å². The number of nitrogens with two attached hydrogens (primary N) is 2. The van der Waals surface area contributed by atoms with E-state index < -0.39 is 29.9 Å². The molecular formula is C14H20N4O4. The molecule has 0 fully saturated rings. The number of carbonyl (C=O) groups excluding carboxylic acids is 3. The molecule has 0 radical (unpaired) electrons. The Hall–Kier alpha value is -2.77. The summed E-state index contributed by atoms with van der Waals surface area (Å²) in [5, 5.41) is 4.72. The molecule has 8 heteroatoms. The van der Waals surface area contributed by atoms with E-state index >= 15 is 0 Å². The molecule has 8 nitrogen and oxygen atoms in total. The van der Waals surface area contributed by atoms with Crippen LogP contribution in [0.3, 0.4) is 0 Å². The van der Waals surface area contributed by atoms with Gasteiger partial charge < -0.3 is 26.8 Å². The summed E-state index contributed by atoms with van der Waals surface area (Å²) in [7, 11) is 1.52. The van der Waals surface area contributed by atoms with Crippen LogP contribution in [0.1, 0.15) is 24.1 Å². The van der Waals surface area contributed by atoms with Crippen LogP contribution in [0.2, 0.25) is 0 Å². The molecule has 0 bridgehead atoms. The van der Waals surface area contributed by atoms with Crippen LogP contribution in [0.4, 0.5) is 4.79 Å². The summed E-state index contributed by atoms with van der Waals surface area (Å²) in [5.41, 5.74) is 11.7. The molecule has 0 aliphatic carbocycles. The highest BCUT2D eigenvalue weighted by molar-refractivity contribution is 6.05. The molecule has 22 heavy (non-hydrogen) atoms. The van der Waals surface area contributed by atoms with Gasteiger partial charge in [-0.05, 0) is 19.9 Å². The number of nitrogens with one attached hydrogen (secondary N) is 2. The van der Waals surface area contributed by atoms with Gasteiger partial charge in [-0.1, -0.05) is 17.7 Å². The standard InChI is InChI=1S/C14H20N4O4/c1-7-4-5-10(22-3)9(6-7)8(2)17-14(21)18-11(12(15)19)13(16)20/h4-6,8,11H,1-3H3,(H2,15,19)(H2,16,20)(H2,17,18,21)/t8-/m0/s1. The highest BCUT2D eigenvalue weighted by atomic mass is 16.5. The number of ether oxygens (including phenoxy) is 1. The molecule has 0 aliphatic rings. The topological polar surface area (TPSA) is 137 Å². The molecule has 1 rings (SSSR count). The van der Waals surface area contributed by atoms with Gasteiger partial charge in [0, 0.05) is 5.56 Å². The lowest BCUT2D eigenvalue weighted by atomic mass is 10.0. The number of amides is 4. The Labute approximate surface area is 128 Å². The average molecular weight is 308 g/mol. The van der Waals surface area contributed by atoms with Gasteiger partial charge >= 0.3 is 6.03 Å². The van der Waals surface area contributed by atoms with E-state index in [0.717, 1.165) is 11.1 Å². The van der Waals surface area contributed by atoms with E-state index in [-0.39, 0.29) is 0 Å². The second kappa shape index (κ2) is 7.30. The molecule has 0 heterocycles. The molecule has 1 aromatic carbocycles. The fourth-order valence-corrected chi connectivity index (χ4v) is 1.92. The van der Waals surface area contributed by atoms with Gasteiger partial charge in [-0.3, -0.25) is 9.59 Å². The first-order valence-electron chi connectivity index (χ1n) is 6.56. The number of carbonyl (C=O) groups is 3. The van der Waals surface area contributed by atoms with Gasteiger partial charge in [-0.25, -0.2) is 4.79 Å². The Bertz CT molecular complexity index is 574. The number of urea groups is 1. The monoisotopic (exact) mass is 308 g/mol. The predicted molar refractivity (Wildman–Crippen MR) is 80.0 cm³/mol. The number of hydrogen-bond donors (Lipinski definition) is 4. The van der Waals surface area contributed by atoms with Crippen LogP contribution >= 0.6 is 0 Å². The van der Waals surface area contributed by atoms with Crippen LogP contribution in [-0.2, 0) is 9.59 Å². The number of rotatable bonds is 6. The van der Waals surface area contributed by atoms with Gasteiger partial charge in [0.25, 0.3) is 0 Å². The van der Waals surface area contributed by atoms with E-state index in [9.17, 15) is 14.4 Å². The summed E-state index contributed by atoms with van der Waals surface area (Å²) in [6.07, 6.45) is 0. The summed E-state index contributed by atoms with van der Waals surface area (Å²) in [6.45, 7) is 3.65. The van der Waals surface area contributed by atoms with Crippen LogP contribution in [0.5, 0.6) is 5.75 Å². The number of aryl methyl sites for hydroxylation is 1. The van der Waals surface area contributed by atoms with E-state index in [1.165, 1.54) is 7.11 Å². The first kappa shape index (κ1) is 17.3. The van der Waals surface area contributed by atoms with E-state index in [1.807, 2.05) is 19.1 Å². The molecule has 0 saturated carbocycles. The minimum Gasteiger partial charge on any atom is -0.496 e. The summed E-state index contributed by atoms with van der Waals surface area (Å²) >= 11 is 0. The minimum absolute atomic E-state index is 0.420. The minimum atomic E-state index is -1.56. The predicted octanol–water partition coefficient (Wildman–Crippen LogP) is -0.297. The lowest BCUT2D eigenvalue weighted by Crippen LogP contribution is -2.55. The molecular weight excluding hydrogens is 288 g/mol. The SMILES string of the molecule is COc1ccc(C)cc1[C@H](C)NC(=O)NC(C(N)=O)C(N)=O. The molecule has 1 atom stereocenters. The van der Waals surface area contributed by atoms with Gasteiger partial charge in [0.15, 0.2) is 6.04 Å². The Kier molecular flexibility index (Phi) is 5.73. The molecule has 4 amide bonds. The van der Waals surface area contributed by atoms with Crippen molar-refractivity contribution >= 4 is 17.8 Å². The molecule has 0 saturated heterocycles. The Morgan fingerprint density at radius 3 is 2.23 bits per heavy atom. The van der Waals surface area contributed by atoms with Crippen LogP contribution in [0.25, 0.3) is 0 Å². The highest BCUT2D eigenvalue weighted by Crippen LogP contribution is 2.25. The van der Waals surface area contributed by atoms with Crippen molar-refractivity contribution in [2.24, 2.45) is 11.5 Å². The molecule has 0 unspecified atom stereocenters. The zero-order chi connectivity index (χ0) is 16.9. The summed E-state index contributed by atoms with van der Waals surface area (Å²) in [5.74, 6) is -1.44. The van der Waals surface area contributed by atoms with Crippen molar-refractivity contribution in [2.75, 3.05) is 7.11 Å². The second-order valence-electron chi connectivity index (χ2n) is 4.82. The molecule has 6 N–H and O–H groups in total. The van der Waals surface area contributed by atoms with Gasteiger partial charge in [-0.15, -0.1) is 0 Å². The number of methoxy groups -OCH3 is 1. The van der Waals surface area contributed by atoms with Crippen LogP contribution in [-0.4, -0.2) is 31.0 Å². The smallest absolute Gasteiger partial charge is 0.316 e. The number of benzene rings is 1. The second-order valence-corrected chi connectivity index (χ2v) is 4.82. The zero-order valence-corrected chi connectivity index (χ0v) is 12.7. The van der Waals surface area contributed by atoms with E-state index in [1.54, 1.807) is 13.0 Å². The summed E-state index contributed by atoms with van der Waals surface area (Å²) in [4.78, 5) is 33.9. The zero-order valence-electron chi connectivity index (χ0n) is 12.7. The Morgan fingerprint density at radius 1 is 1.14 bits per heavy atom.